The minimum absolute atomic E-state index is 0.00150. The molecule has 6 heteroatoms. The number of aryl methyl sites for hydroxylation is 1. The number of nitrogens with one attached hydrogen (secondary N) is 2. The van der Waals surface area contributed by atoms with Gasteiger partial charge in [-0.3, -0.25) is 0 Å². The Morgan fingerprint density at radius 2 is 2.11 bits per heavy atom. The smallest absolute Gasteiger partial charge is 0.241 e. The summed E-state index contributed by atoms with van der Waals surface area (Å²) in [4.78, 5) is 0.275. The molecule has 4 nitrogen and oxygen atoms in total. The first-order valence-corrected chi connectivity index (χ1v) is 8.34. The molecule has 1 atom stereocenters. The highest BCUT2D eigenvalue weighted by molar-refractivity contribution is 7.89. The van der Waals surface area contributed by atoms with Crippen molar-refractivity contribution in [1.82, 2.24) is 10.0 Å². The summed E-state index contributed by atoms with van der Waals surface area (Å²) < 4.78 is 27.6. The van der Waals surface area contributed by atoms with E-state index in [0.717, 1.165) is 32.4 Å². The highest BCUT2D eigenvalue weighted by atomic mass is 35.5. The summed E-state index contributed by atoms with van der Waals surface area (Å²) in [5.74, 6) is 0. The van der Waals surface area contributed by atoms with Crippen LogP contribution in [0.25, 0.3) is 0 Å². The van der Waals surface area contributed by atoms with E-state index in [1.165, 1.54) is 6.07 Å². The lowest BCUT2D eigenvalue weighted by molar-refractivity contribution is 0.518. The maximum absolute atomic E-state index is 12.4. The number of halogens is 1. The van der Waals surface area contributed by atoms with Crippen molar-refractivity contribution < 1.29 is 8.42 Å². The van der Waals surface area contributed by atoms with Crippen LogP contribution in [0.2, 0.25) is 5.02 Å². The standard InChI is InChI=1S/C13H19ClN2O2S/c1-10-4-5-11(14)9-13(10)19(17,18)16-12-3-2-7-15-8-6-12/h4-5,9,12,15-16H,2-3,6-8H2,1H3. The van der Waals surface area contributed by atoms with Gasteiger partial charge in [0.15, 0.2) is 0 Å². The van der Waals surface area contributed by atoms with Crippen molar-refractivity contribution in [2.24, 2.45) is 0 Å². The molecule has 0 radical (unpaired) electrons. The Hall–Kier alpha value is -0.620. The molecule has 2 rings (SSSR count). The topological polar surface area (TPSA) is 58.2 Å². The van der Waals surface area contributed by atoms with Crippen LogP contribution in [0.1, 0.15) is 24.8 Å². The van der Waals surface area contributed by atoms with E-state index in [-0.39, 0.29) is 10.9 Å². The van der Waals surface area contributed by atoms with Gasteiger partial charge >= 0.3 is 0 Å². The first-order valence-electron chi connectivity index (χ1n) is 6.48. The van der Waals surface area contributed by atoms with Gasteiger partial charge in [-0.15, -0.1) is 0 Å². The maximum Gasteiger partial charge on any atom is 0.241 e. The van der Waals surface area contributed by atoms with Crippen LogP contribution in [0.3, 0.4) is 0 Å². The lowest BCUT2D eigenvalue weighted by Gasteiger charge is -2.17. The second kappa shape index (κ2) is 6.22. The molecule has 0 bridgehead atoms. The van der Waals surface area contributed by atoms with E-state index < -0.39 is 10.0 Å². The van der Waals surface area contributed by atoms with Crippen LogP contribution >= 0.6 is 11.6 Å². The normalized spacial score (nSPS) is 21.1. The summed E-state index contributed by atoms with van der Waals surface area (Å²) in [7, 11) is -3.49. The summed E-state index contributed by atoms with van der Waals surface area (Å²) >= 11 is 5.89. The molecule has 1 saturated heterocycles. The van der Waals surface area contributed by atoms with Gasteiger partial charge in [0.2, 0.25) is 10.0 Å². The number of benzene rings is 1. The first-order chi connectivity index (χ1) is 8.99. The molecular formula is C13H19ClN2O2S. The Kier molecular flexibility index (Phi) is 4.84. The van der Waals surface area contributed by atoms with Gasteiger partial charge in [0.25, 0.3) is 0 Å². The average molecular weight is 303 g/mol. The Morgan fingerprint density at radius 1 is 1.32 bits per heavy atom. The third-order valence-electron chi connectivity index (χ3n) is 3.34. The molecule has 19 heavy (non-hydrogen) atoms. The van der Waals surface area contributed by atoms with Crippen LogP contribution in [0.4, 0.5) is 0 Å². The van der Waals surface area contributed by atoms with Gasteiger partial charge in [-0.05, 0) is 57.0 Å². The van der Waals surface area contributed by atoms with E-state index in [1.54, 1.807) is 19.1 Å². The molecule has 1 aromatic carbocycles. The summed E-state index contributed by atoms with van der Waals surface area (Å²) in [6, 6.07) is 4.93. The Labute approximate surface area is 119 Å². The Balaban J connectivity index is 2.19. The quantitative estimate of drug-likeness (QED) is 0.898. The van der Waals surface area contributed by atoms with E-state index in [9.17, 15) is 8.42 Å². The van der Waals surface area contributed by atoms with Crippen molar-refractivity contribution in [3.05, 3.63) is 28.8 Å². The van der Waals surface area contributed by atoms with Gasteiger partial charge in [0, 0.05) is 11.1 Å². The summed E-state index contributed by atoms with van der Waals surface area (Å²) in [5, 5.41) is 3.71. The fourth-order valence-corrected chi connectivity index (χ4v) is 4.10. The van der Waals surface area contributed by atoms with E-state index in [4.69, 9.17) is 11.6 Å². The van der Waals surface area contributed by atoms with Gasteiger partial charge in [0.1, 0.15) is 0 Å². The molecule has 1 heterocycles. The minimum Gasteiger partial charge on any atom is -0.317 e. The Bertz CT molecular complexity index is 538. The molecule has 0 spiro atoms. The van der Waals surface area contributed by atoms with Crippen LogP contribution in [0, 0.1) is 6.92 Å². The second-order valence-corrected chi connectivity index (χ2v) is 7.03. The highest BCUT2D eigenvalue weighted by Crippen LogP contribution is 2.21. The summed E-state index contributed by atoms with van der Waals surface area (Å²) in [6.45, 7) is 3.58. The van der Waals surface area contributed by atoms with E-state index in [1.807, 2.05) is 0 Å². The van der Waals surface area contributed by atoms with Gasteiger partial charge in [-0.1, -0.05) is 17.7 Å². The average Bonchev–Trinajstić information content (AvgIpc) is 2.60. The van der Waals surface area contributed by atoms with Crippen molar-refractivity contribution >= 4 is 21.6 Å². The molecular weight excluding hydrogens is 284 g/mol. The third kappa shape index (κ3) is 3.92. The van der Waals surface area contributed by atoms with Gasteiger partial charge in [-0.2, -0.15) is 0 Å². The molecule has 106 valence electrons. The SMILES string of the molecule is Cc1ccc(Cl)cc1S(=O)(=O)NC1CCCNCC1. The zero-order chi connectivity index (χ0) is 13.9. The predicted molar refractivity (Wildman–Crippen MR) is 77.0 cm³/mol. The zero-order valence-electron chi connectivity index (χ0n) is 10.9. The fraction of sp³-hybridized carbons (Fsp3) is 0.538. The molecule has 0 saturated carbocycles. The predicted octanol–water partition coefficient (Wildman–Crippen LogP) is 2.07. The minimum atomic E-state index is -3.49. The largest absolute Gasteiger partial charge is 0.317 e. The van der Waals surface area contributed by atoms with Crippen molar-refractivity contribution in [3.63, 3.8) is 0 Å². The van der Waals surface area contributed by atoms with Crippen LogP contribution in [-0.4, -0.2) is 27.5 Å². The molecule has 1 unspecified atom stereocenters. The molecule has 0 aliphatic carbocycles. The van der Waals surface area contributed by atoms with Crippen molar-refractivity contribution in [2.45, 2.75) is 37.1 Å². The third-order valence-corrected chi connectivity index (χ3v) is 5.23. The number of hydrogen-bond acceptors (Lipinski definition) is 3. The molecule has 0 aromatic heterocycles. The molecule has 1 aliphatic heterocycles. The molecule has 0 amide bonds. The summed E-state index contributed by atoms with van der Waals surface area (Å²) in [6.07, 6.45) is 2.67. The molecule has 1 fully saturated rings. The monoisotopic (exact) mass is 302 g/mol. The summed E-state index contributed by atoms with van der Waals surface area (Å²) in [5.41, 5.74) is 0.712. The second-order valence-electron chi connectivity index (χ2n) is 4.91. The van der Waals surface area contributed by atoms with E-state index in [2.05, 4.69) is 10.0 Å². The highest BCUT2D eigenvalue weighted by Gasteiger charge is 2.22. The van der Waals surface area contributed by atoms with Gasteiger partial charge in [-0.25, -0.2) is 13.1 Å². The van der Waals surface area contributed by atoms with Crippen molar-refractivity contribution in [3.8, 4) is 0 Å². The van der Waals surface area contributed by atoms with Crippen molar-refractivity contribution in [1.29, 1.82) is 0 Å². The number of sulfonamides is 1. The van der Waals surface area contributed by atoms with Crippen LogP contribution < -0.4 is 10.0 Å². The van der Waals surface area contributed by atoms with Crippen LogP contribution in [0.15, 0.2) is 23.1 Å². The Morgan fingerprint density at radius 3 is 2.89 bits per heavy atom. The molecule has 1 aliphatic rings. The van der Waals surface area contributed by atoms with Gasteiger partial charge in [0.05, 0.1) is 4.90 Å². The number of hydrogen-bond donors (Lipinski definition) is 2. The molecule has 1 aromatic rings. The lowest BCUT2D eigenvalue weighted by Crippen LogP contribution is -2.35. The lowest BCUT2D eigenvalue weighted by atomic mass is 10.1. The molecule has 2 N–H and O–H groups in total. The van der Waals surface area contributed by atoms with E-state index in [0.29, 0.717) is 10.6 Å². The maximum atomic E-state index is 12.4. The number of rotatable bonds is 3. The first kappa shape index (κ1) is 14.8. The van der Waals surface area contributed by atoms with Crippen LogP contribution in [0.5, 0.6) is 0 Å². The van der Waals surface area contributed by atoms with Gasteiger partial charge < -0.3 is 5.32 Å². The zero-order valence-corrected chi connectivity index (χ0v) is 12.5. The fourth-order valence-electron chi connectivity index (χ4n) is 2.28. The van der Waals surface area contributed by atoms with Crippen molar-refractivity contribution in [2.75, 3.05) is 13.1 Å². The van der Waals surface area contributed by atoms with Crippen LogP contribution in [-0.2, 0) is 10.0 Å². The van der Waals surface area contributed by atoms with E-state index >= 15 is 0 Å².